The molecule has 0 unspecified atom stereocenters. The van der Waals surface area contributed by atoms with E-state index in [9.17, 15) is 4.79 Å². The van der Waals surface area contributed by atoms with Crippen molar-refractivity contribution in [1.29, 1.82) is 0 Å². The normalized spacial score (nSPS) is 10.6. The molecule has 0 aliphatic rings. The van der Waals surface area contributed by atoms with Crippen LogP contribution < -0.4 is 5.73 Å². The third kappa shape index (κ3) is 1.21. The Hall–Kier alpha value is -1.35. The molecule has 0 radical (unpaired) electrons. The highest BCUT2D eigenvalue weighted by Gasteiger charge is 2.09. The average molecular weight is 205 g/mol. The molecule has 2 nitrogen and oxygen atoms in total. The van der Waals surface area contributed by atoms with Crippen LogP contribution in [0.15, 0.2) is 17.5 Å². The molecule has 1 aromatic heterocycles. The van der Waals surface area contributed by atoms with Gasteiger partial charge >= 0.3 is 0 Å². The number of anilines is 1. The van der Waals surface area contributed by atoms with E-state index in [1.165, 1.54) is 0 Å². The Labute approximate surface area is 86.3 Å². The van der Waals surface area contributed by atoms with Crippen LogP contribution in [0.4, 0.5) is 5.69 Å². The number of carbonyl (C=O) groups excluding carboxylic acids is 1. The molecule has 0 aliphatic carbocycles. The van der Waals surface area contributed by atoms with E-state index in [0.717, 1.165) is 39.6 Å². The average Bonchev–Trinajstić information content (AvgIpc) is 2.59. The SMILES string of the molecule is CCc1c(C=O)ccc2scc(N)c12. The molecule has 0 spiro atoms. The number of thiophene rings is 1. The highest BCUT2D eigenvalue weighted by Crippen LogP contribution is 2.32. The number of carbonyl (C=O) groups is 1. The van der Waals surface area contributed by atoms with Crippen LogP contribution in [0.3, 0.4) is 0 Å². The van der Waals surface area contributed by atoms with Crippen LogP contribution >= 0.6 is 11.3 Å². The van der Waals surface area contributed by atoms with Crippen LogP contribution in [0.25, 0.3) is 10.1 Å². The van der Waals surface area contributed by atoms with Gasteiger partial charge in [-0.1, -0.05) is 6.92 Å². The molecule has 1 aromatic carbocycles. The summed E-state index contributed by atoms with van der Waals surface area (Å²) in [4.78, 5) is 10.8. The lowest BCUT2D eigenvalue weighted by Gasteiger charge is -2.04. The molecule has 0 fully saturated rings. The number of hydrogen-bond donors (Lipinski definition) is 1. The van der Waals surface area contributed by atoms with Gasteiger partial charge in [-0.2, -0.15) is 0 Å². The fourth-order valence-electron chi connectivity index (χ4n) is 1.73. The van der Waals surface area contributed by atoms with Gasteiger partial charge in [0.05, 0.1) is 5.69 Å². The fourth-order valence-corrected chi connectivity index (χ4v) is 2.61. The minimum atomic E-state index is 0.755. The van der Waals surface area contributed by atoms with E-state index in [4.69, 9.17) is 5.73 Å². The van der Waals surface area contributed by atoms with Gasteiger partial charge < -0.3 is 5.73 Å². The predicted octanol–water partition coefficient (Wildman–Crippen LogP) is 2.86. The molecular formula is C11H11NOS. The summed E-state index contributed by atoms with van der Waals surface area (Å²) in [5.74, 6) is 0. The first-order valence-corrected chi connectivity index (χ1v) is 5.39. The lowest BCUT2D eigenvalue weighted by atomic mass is 10.0. The Kier molecular flexibility index (Phi) is 2.25. The van der Waals surface area contributed by atoms with Gasteiger partial charge in [0.15, 0.2) is 0 Å². The van der Waals surface area contributed by atoms with Gasteiger partial charge in [0.2, 0.25) is 0 Å². The van der Waals surface area contributed by atoms with Gasteiger partial charge in [-0.3, -0.25) is 4.79 Å². The van der Waals surface area contributed by atoms with Crippen molar-refractivity contribution in [3.8, 4) is 0 Å². The molecule has 2 rings (SSSR count). The van der Waals surface area contributed by atoms with Crippen molar-refractivity contribution in [2.45, 2.75) is 13.3 Å². The van der Waals surface area contributed by atoms with Crippen molar-refractivity contribution in [2.24, 2.45) is 0 Å². The zero-order chi connectivity index (χ0) is 10.1. The molecule has 0 saturated carbocycles. The van der Waals surface area contributed by atoms with Crippen molar-refractivity contribution < 1.29 is 4.79 Å². The zero-order valence-corrected chi connectivity index (χ0v) is 8.73. The molecule has 0 bridgehead atoms. The summed E-state index contributed by atoms with van der Waals surface area (Å²) in [6, 6.07) is 3.82. The molecule has 3 heteroatoms. The van der Waals surface area contributed by atoms with Gasteiger partial charge in [0.25, 0.3) is 0 Å². The first kappa shape index (κ1) is 9.21. The summed E-state index contributed by atoms with van der Waals surface area (Å²) < 4.78 is 1.16. The van der Waals surface area contributed by atoms with Crippen LogP contribution in [-0.4, -0.2) is 6.29 Å². The number of nitrogens with two attached hydrogens (primary N) is 1. The summed E-state index contributed by atoms with van der Waals surface area (Å²) >= 11 is 1.62. The Balaban J connectivity index is 2.87. The standard InChI is InChI=1S/C11H11NOS/c1-2-8-7(5-13)3-4-10-11(8)9(12)6-14-10/h3-6H,2,12H2,1H3. The van der Waals surface area contributed by atoms with Crippen molar-refractivity contribution in [1.82, 2.24) is 0 Å². The Morgan fingerprint density at radius 1 is 1.50 bits per heavy atom. The second-order valence-electron chi connectivity index (χ2n) is 3.17. The van der Waals surface area contributed by atoms with Crippen LogP contribution in [0.1, 0.15) is 22.8 Å². The molecule has 2 aromatic rings. The highest BCUT2D eigenvalue weighted by atomic mass is 32.1. The van der Waals surface area contributed by atoms with Gasteiger partial charge in [-0.15, -0.1) is 11.3 Å². The van der Waals surface area contributed by atoms with Gasteiger partial charge in [-0.25, -0.2) is 0 Å². The number of nitrogen functional groups attached to an aromatic ring is 1. The van der Waals surface area contributed by atoms with Crippen molar-refractivity contribution in [2.75, 3.05) is 5.73 Å². The van der Waals surface area contributed by atoms with Gasteiger partial charge in [-0.05, 0) is 24.1 Å². The zero-order valence-electron chi connectivity index (χ0n) is 7.91. The summed E-state index contributed by atoms with van der Waals surface area (Å²) in [6.07, 6.45) is 1.74. The van der Waals surface area contributed by atoms with Crippen LogP contribution in [0.2, 0.25) is 0 Å². The molecule has 1 heterocycles. The van der Waals surface area contributed by atoms with Gasteiger partial charge in [0.1, 0.15) is 6.29 Å². The summed E-state index contributed by atoms with van der Waals surface area (Å²) in [5.41, 5.74) is 8.47. The Morgan fingerprint density at radius 3 is 2.93 bits per heavy atom. The summed E-state index contributed by atoms with van der Waals surface area (Å²) in [6.45, 7) is 2.04. The van der Waals surface area contributed by atoms with E-state index < -0.39 is 0 Å². The van der Waals surface area contributed by atoms with E-state index in [1.807, 2.05) is 24.4 Å². The van der Waals surface area contributed by atoms with Crippen molar-refractivity contribution in [3.63, 3.8) is 0 Å². The maximum Gasteiger partial charge on any atom is 0.150 e. The van der Waals surface area contributed by atoms with E-state index in [2.05, 4.69) is 0 Å². The maximum atomic E-state index is 10.8. The largest absolute Gasteiger partial charge is 0.398 e. The predicted molar refractivity (Wildman–Crippen MR) is 61.0 cm³/mol. The molecular weight excluding hydrogens is 194 g/mol. The van der Waals surface area contributed by atoms with E-state index in [-0.39, 0.29) is 0 Å². The monoisotopic (exact) mass is 205 g/mol. The van der Waals surface area contributed by atoms with E-state index >= 15 is 0 Å². The van der Waals surface area contributed by atoms with Crippen LogP contribution in [-0.2, 0) is 6.42 Å². The van der Waals surface area contributed by atoms with E-state index in [1.54, 1.807) is 11.3 Å². The van der Waals surface area contributed by atoms with Gasteiger partial charge in [0, 0.05) is 21.0 Å². The van der Waals surface area contributed by atoms with Crippen molar-refractivity contribution >= 4 is 33.4 Å². The third-order valence-corrected chi connectivity index (χ3v) is 3.36. The highest BCUT2D eigenvalue weighted by molar-refractivity contribution is 7.17. The second kappa shape index (κ2) is 3.42. The first-order chi connectivity index (χ1) is 6.77. The maximum absolute atomic E-state index is 10.8. The first-order valence-electron chi connectivity index (χ1n) is 4.51. The molecule has 72 valence electrons. The topological polar surface area (TPSA) is 43.1 Å². The lowest BCUT2D eigenvalue weighted by molar-refractivity contribution is 0.112. The molecule has 0 saturated heterocycles. The minimum Gasteiger partial charge on any atom is -0.398 e. The second-order valence-corrected chi connectivity index (χ2v) is 4.08. The minimum absolute atomic E-state index is 0.755. The smallest absolute Gasteiger partial charge is 0.150 e. The molecule has 0 aliphatic heterocycles. The quantitative estimate of drug-likeness (QED) is 0.766. The number of hydrogen-bond acceptors (Lipinski definition) is 3. The number of benzene rings is 1. The lowest BCUT2D eigenvalue weighted by Crippen LogP contribution is -1.93. The third-order valence-electron chi connectivity index (χ3n) is 2.39. The van der Waals surface area contributed by atoms with Crippen LogP contribution in [0, 0.1) is 0 Å². The molecule has 14 heavy (non-hydrogen) atoms. The number of fused-ring (bicyclic) bond motifs is 1. The number of aryl methyl sites for hydroxylation is 1. The number of aldehydes is 1. The summed E-state index contributed by atoms with van der Waals surface area (Å²) in [7, 11) is 0. The van der Waals surface area contributed by atoms with E-state index in [0.29, 0.717) is 0 Å². The Morgan fingerprint density at radius 2 is 2.29 bits per heavy atom. The van der Waals surface area contributed by atoms with Crippen molar-refractivity contribution in [3.05, 3.63) is 28.6 Å². The summed E-state index contributed by atoms with van der Waals surface area (Å²) in [5, 5.41) is 2.99. The fraction of sp³-hybridized carbons (Fsp3) is 0.182. The molecule has 2 N–H and O–H groups in total. The Bertz CT molecular complexity index is 487. The van der Waals surface area contributed by atoms with Crippen LogP contribution in [0.5, 0.6) is 0 Å². The number of rotatable bonds is 2. The molecule has 0 amide bonds. The molecule has 0 atom stereocenters.